The van der Waals surface area contributed by atoms with Crippen LogP contribution in [0, 0.1) is 0 Å². The zero-order valence-corrected chi connectivity index (χ0v) is 18.3. The van der Waals surface area contributed by atoms with E-state index in [2.05, 4.69) is 4.98 Å². The molecule has 2 aromatic heterocycles. The van der Waals surface area contributed by atoms with Gasteiger partial charge in [0.25, 0.3) is 0 Å². The average Bonchev–Trinajstić information content (AvgIpc) is 3.49. The number of hydrogen-bond donors (Lipinski definition) is 0. The number of amides is 1. The van der Waals surface area contributed by atoms with Gasteiger partial charge in [0.1, 0.15) is 6.10 Å². The van der Waals surface area contributed by atoms with Crippen molar-refractivity contribution < 1.29 is 19.0 Å². The van der Waals surface area contributed by atoms with Gasteiger partial charge in [0, 0.05) is 31.9 Å². The Morgan fingerprint density at radius 1 is 1.19 bits per heavy atom. The molecule has 1 aliphatic heterocycles. The largest absolute Gasteiger partial charge is 0.493 e. The highest BCUT2D eigenvalue weighted by Crippen LogP contribution is 2.31. The van der Waals surface area contributed by atoms with Crippen molar-refractivity contribution in [3.05, 3.63) is 76.2 Å². The topological polar surface area (TPSA) is 60.9 Å². The molecule has 6 nitrogen and oxygen atoms in total. The van der Waals surface area contributed by atoms with Gasteiger partial charge in [-0.25, -0.2) is 0 Å². The minimum atomic E-state index is 0.0500. The second-order valence-corrected chi connectivity index (χ2v) is 8.29. The molecule has 1 amide bonds. The summed E-state index contributed by atoms with van der Waals surface area (Å²) in [5.41, 5.74) is 3.01. The number of nitrogens with zero attached hydrogens (tertiary/aromatic N) is 2. The Morgan fingerprint density at radius 2 is 2.10 bits per heavy atom. The van der Waals surface area contributed by atoms with Gasteiger partial charge in [0.05, 0.1) is 26.7 Å². The molecule has 1 saturated heterocycles. The minimum Gasteiger partial charge on any atom is -0.493 e. The molecule has 4 rings (SSSR count). The Morgan fingerprint density at radius 3 is 2.81 bits per heavy atom. The first-order chi connectivity index (χ1) is 15.2. The predicted molar refractivity (Wildman–Crippen MR) is 119 cm³/mol. The van der Waals surface area contributed by atoms with E-state index in [0.717, 1.165) is 29.7 Å². The van der Waals surface area contributed by atoms with Gasteiger partial charge in [-0.05, 0) is 51.7 Å². The molecule has 31 heavy (non-hydrogen) atoms. The van der Waals surface area contributed by atoms with E-state index in [1.165, 1.54) is 0 Å². The smallest absolute Gasteiger partial charge is 0.227 e. The van der Waals surface area contributed by atoms with Crippen molar-refractivity contribution in [2.75, 3.05) is 20.3 Å². The molecule has 0 N–H and O–H groups in total. The van der Waals surface area contributed by atoms with Gasteiger partial charge >= 0.3 is 0 Å². The number of methoxy groups -OCH3 is 1. The third-order valence-electron chi connectivity index (χ3n) is 5.17. The lowest BCUT2D eigenvalue weighted by atomic mass is 10.1. The number of thiophene rings is 1. The molecule has 0 bridgehead atoms. The Kier molecular flexibility index (Phi) is 7.17. The molecule has 0 spiro atoms. The fourth-order valence-electron chi connectivity index (χ4n) is 3.54. The van der Waals surface area contributed by atoms with Crippen LogP contribution in [-0.4, -0.2) is 42.2 Å². The van der Waals surface area contributed by atoms with Crippen molar-refractivity contribution in [2.24, 2.45) is 0 Å². The van der Waals surface area contributed by atoms with Crippen molar-refractivity contribution in [1.29, 1.82) is 0 Å². The van der Waals surface area contributed by atoms with Gasteiger partial charge in [-0.1, -0.05) is 12.1 Å². The van der Waals surface area contributed by atoms with Crippen LogP contribution in [0.5, 0.6) is 11.5 Å². The molecule has 0 saturated carbocycles. The Bertz CT molecular complexity index is 973. The van der Waals surface area contributed by atoms with Crippen LogP contribution in [0.2, 0.25) is 0 Å². The molecule has 1 aliphatic rings. The maximum atomic E-state index is 13.1. The second kappa shape index (κ2) is 10.4. The van der Waals surface area contributed by atoms with E-state index in [1.54, 1.807) is 30.8 Å². The normalized spacial score (nSPS) is 15.6. The summed E-state index contributed by atoms with van der Waals surface area (Å²) in [5, 5.41) is 4.01. The monoisotopic (exact) mass is 438 g/mol. The Hall–Kier alpha value is -2.90. The summed E-state index contributed by atoms with van der Waals surface area (Å²) in [7, 11) is 1.63. The van der Waals surface area contributed by atoms with Crippen LogP contribution in [0.25, 0.3) is 0 Å². The van der Waals surface area contributed by atoms with Crippen molar-refractivity contribution in [3.63, 3.8) is 0 Å². The standard InChI is InChI=1S/C24H26N2O4S/c1-28-23-11-18(4-5-22(23)30-21-6-9-29-16-21)14-26(15-20-3-2-8-25-13-20)24(27)12-19-7-10-31-17-19/h2-5,7-8,10-11,13,17,21H,6,9,12,14-16H2,1H3/t21-/m1/s1. The van der Waals surface area contributed by atoms with E-state index < -0.39 is 0 Å². The molecule has 7 heteroatoms. The van der Waals surface area contributed by atoms with Crippen LogP contribution in [0.3, 0.4) is 0 Å². The van der Waals surface area contributed by atoms with Gasteiger partial charge in [0.2, 0.25) is 5.91 Å². The summed E-state index contributed by atoms with van der Waals surface area (Å²) < 4.78 is 17.0. The van der Waals surface area contributed by atoms with E-state index in [9.17, 15) is 4.79 Å². The zero-order chi connectivity index (χ0) is 21.5. The SMILES string of the molecule is COc1cc(CN(Cc2cccnc2)C(=O)Cc2ccsc2)ccc1O[C@@H]1CCOC1. The quantitative estimate of drug-likeness (QED) is 0.504. The molecular weight excluding hydrogens is 412 g/mol. The zero-order valence-electron chi connectivity index (χ0n) is 17.5. The van der Waals surface area contributed by atoms with E-state index in [4.69, 9.17) is 14.2 Å². The van der Waals surface area contributed by atoms with Gasteiger partial charge in [-0.2, -0.15) is 11.3 Å². The van der Waals surface area contributed by atoms with Crippen LogP contribution < -0.4 is 9.47 Å². The van der Waals surface area contributed by atoms with Crippen LogP contribution >= 0.6 is 11.3 Å². The predicted octanol–water partition coefficient (Wildman–Crippen LogP) is 4.09. The van der Waals surface area contributed by atoms with Crippen molar-refractivity contribution in [2.45, 2.75) is 32.0 Å². The molecular formula is C24H26N2O4S. The third kappa shape index (κ3) is 5.83. The molecule has 3 heterocycles. The number of benzene rings is 1. The van der Waals surface area contributed by atoms with Crippen LogP contribution in [0.1, 0.15) is 23.1 Å². The molecule has 1 aromatic carbocycles. The van der Waals surface area contributed by atoms with Gasteiger partial charge in [0.15, 0.2) is 11.5 Å². The Labute approximate surface area is 186 Å². The van der Waals surface area contributed by atoms with E-state index in [-0.39, 0.29) is 12.0 Å². The van der Waals surface area contributed by atoms with Crippen molar-refractivity contribution >= 4 is 17.2 Å². The highest BCUT2D eigenvalue weighted by Gasteiger charge is 2.20. The first kappa shape index (κ1) is 21.3. The maximum Gasteiger partial charge on any atom is 0.227 e. The van der Waals surface area contributed by atoms with E-state index in [0.29, 0.717) is 37.6 Å². The molecule has 162 valence electrons. The lowest BCUT2D eigenvalue weighted by molar-refractivity contribution is -0.131. The number of carbonyl (C=O) groups excluding carboxylic acids is 1. The first-order valence-corrected chi connectivity index (χ1v) is 11.2. The van der Waals surface area contributed by atoms with Gasteiger partial charge in [-0.3, -0.25) is 9.78 Å². The molecule has 0 aliphatic carbocycles. The highest BCUT2D eigenvalue weighted by atomic mass is 32.1. The number of hydrogen-bond acceptors (Lipinski definition) is 6. The number of aromatic nitrogens is 1. The van der Waals surface area contributed by atoms with Gasteiger partial charge in [-0.15, -0.1) is 0 Å². The maximum absolute atomic E-state index is 13.1. The Balaban J connectivity index is 1.51. The molecule has 1 fully saturated rings. The summed E-state index contributed by atoms with van der Waals surface area (Å²) in [6, 6.07) is 11.7. The number of pyridine rings is 1. The summed E-state index contributed by atoms with van der Waals surface area (Å²) in [5.74, 6) is 1.44. The van der Waals surface area contributed by atoms with Gasteiger partial charge < -0.3 is 19.1 Å². The lowest BCUT2D eigenvalue weighted by Gasteiger charge is -2.24. The highest BCUT2D eigenvalue weighted by molar-refractivity contribution is 7.08. The number of ether oxygens (including phenoxy) is 3. The number of rotatable bonds is 9. The van der Waals surface area contributed by atoms with Crippen molar-refractivity contribution in [1.82, 2.24) is 9.88 Å². The molecule has 0 unspecified atom stereocenters. The summed E-state index contributed by atoms with van der Waals surface area (Å²) >= 11 is 1.60. The van der Waals surface area contributed by atoms with E-state index in [1.807, 2.05) is 52.1 Å². The van der Waals surface area contributed by atoms with Crippen LogP contribution in [-0.2, 0) is 29.0 Å². The fourth-order valence-corrected chi connectivity index (χ4v) is 4.21. The van der Waals surface area contributed by atoms with Crippen LogP contribution in [0.4, 0.5) is 0 Å². The average molecular weight is 439 g/mol. The summed E-state index contributed by atoms with van der Waals surface area (Å²) in [6.07, 6.45) is 4.84. The third-order valence-corrected chi connectivity index (χ3v) is 5.90. The fraction of sp³-hybridized carbons (Fsp3) is 0.333. The molecule has 0 radical (unpaired) electrons. The molecule has 3 aromatic rings. The minimum absolute atomic E-state index is 0.0500. The first-order valence-electron chi connectivity index (χ1n) is 10.3. The van der Waals surface area contributed by atoms with E-state index >= 15 is 0 Å². The summed E-state index contributed by atoms with van der Waals surface area (Å²) in [6.45, 7) is 2.29. The summed E-state index contributed by atoms with van der Waals surface area (Å²) in [4.78, 5) is 19.2. The lowest BCUT2D eigenvalue weighted by Crippen LogP contribution is -2.31. The van der Waals surface area contributed by atoms with Crippen molar-refractivity contribution in [3.8, 4) is 11.5 Å². The molecule has 1 atom stereocenters. The number of carbonyl (C=O) groups is 1. The van der Waals surface area contributed by atoms with Crippen LogP contribution in [0.15, 0.2) is 59.6 Å². The second-order valence-electron chi connectivity index (χ2n) is 7.51.